The van der Waals surface area contributed by atoms with Gasteiger partial charge in [0.25, 0.3) is 0 Å². The first-order valence-electron chi connectivity index (χ1n) is 15.4. The van der Waals surface area contributed by atoms with E-state index in [1.165, 1.54) is 54.4 Å². The van der Waals surface area contributed by atoms with Gasteiger partial charge in [-0.3, -0.25) is 0 Å². The van der Waals surface area contributed by atoms with Crippen LogP contribution in [0.15, 0.2) is 97.1 Å². The van der Waals surface area contributed by atoms with Gasteiger partial charge in [-0.2, -0.15) is 0 Å². The molecule has 0 N–H and O–H groups in total. The Bertz CT molecular complexity index is 1410. The van der Waals surface area contributed by atoms with E-state index in [-0.39, 0.29) is 10.8 Å². The Hall–Kier alpha value is -3.12. The van der Waals surface area contributed by atoms with E-state index >= 15 is 0 Å². The molecule has 0 radical (unpaired) electrons. The van der Waals surface area contributed by atoms with Crippen LogP contribution < -0.4 is 0 Å². The van der Waals surface area contributed by atoms with Crippen molar-refractivity contribution in [3.8, 4) is 22.3 Å². The van der Waals surface area contributed by atoms with Gasteiger partial charge in [-0.05, 0) is 93.9 Å². The zero-order valence-corrected chi connectivity index (χ0v) is 24.1. The molecule has 0 aliphatic heterocycles. The molecule has 2 fully saturated rings. The van der Waals surface area contributed by atoms with Crippen LogP contribution in [-0.4, -0.2) is 0 Å². The van der Waals surface area contributed by atoms with E-state index < -0.39 is 0 Å². The maximum absolute atomic E-state index is 2.47. The highest BCUT2D eigenvalue weighted by Crippen LogP contribution is 2.62. The van der Waals surface area contributed by atoms with Crippen LogP contribution in [0.2, 0.25) is 0 Å². The first-order valence-corrected chi connectivity index (χ1v) is 15.4. The first kappa shape index (κ1) is 24.9. The molecule has 4 aliphatic rings. The van der Waals surface area contributed by atoms with Crippen LogP contribution in [-0.2, 0) is 10.8 Å². The Morgan fingerprint density at radius 2 is 0.641 bits per heavy atom. The molecule has 0 aromatic heterocycles. The van der Waals surface area contributed by atoms with Crippen LogP contribution in [0.5, 0.6) is 0 Å². The Kier molecular flexibility index (Phi) is 5.89. The van der Waals surface area contributed by atoms with Gasteiger partial charge in [-0.15, -0.1) is 0 Å². The molecule has 8 rings (SSSR count). The smallest absolute Gasteiger partial charge is 0.0266 e. The number of rotatable bonds is 0. The molecule has 0 bridgehead atoms. The van der Waals surface area contributed by atoms with Crippen LogP contribution in [0.25, 0.3) is 22.3 Å². The van der Waals surface area contributed by atoms with Crippen molar-refractivity contribution in [1.82, 2.24) is 0 Å². The molecule has 0 saturated heterocycles. The summed E-state index contributed by atoms with van der Waals surface area (Å²) in [7, 11) is 0. The van der Waals surface area contributed by atoms with Gasteiger partial charge in [0.05, 0.1) is 0 Å². The van der Waals surface area contributed by atoms with Gasteiger partial charge >= 0.3 is 0 Å². The maximum Gasteiger partial charge on any atom is 0.0266 e. The first-order chi connectivity index (χ1) is 19.0. The van der Waals surface area contributed by atoms with Crippen molar-refractivity contribution in [3.05, 3.63) is 119 Å². The summed E-state index contributed by atoms with van der Waals surface area (Å²) in [5.41, 5.74) is 12.7. The molecular formula is C39H42. The molecule has 0 heterocycles. The zero-order chi connectivity index (χ0) is 26.8. The summed E-state index contributed by atoms with van der Waals surface area (Å²) in [6.07, 6.45) is 6.79. The van der Waals surface area contributed by atoms with E-state index in [9.17, 15) is 0 Å². The molecule has 2 spiro atoms. The van der Waals surface area contributed by atoms with Crippen molar-refractivity contribution < 1.29 is 0 Å². The van der Waals surface area contributed by atoms with Gasteiger partial charge in [0, 0.05) is 10.8 Å². The third-order valence-corrected chi connectivity index (χ3v) is 11.5. The molecule has 0 amide bonds. The van der Waals surface area contributed by atoms with Crippen LogP contribution in [0, 0.1) is 23.7 Å². The number of benzene rings is 4. The van der Waals surface area contributed by atoms with Crippen LogP contribution in [0.3, 0.4) is 0 Å². The lowest BCUT2D eigenvalue weighted by molar-refractivity contribution is 0.172. The fraction of sp³-hybridized carbons (Fsp3) is 0.385. The van der Waals surface area contributed by atoms with Crippen molar-refractivity contribution in [3.63, 3.8) is 0 Å². The van der Waals surface area contributed by atoms with Gasteiger partial charge in [0.1, 0.15) is 0 Å². The zero-order valence-electron chi connectivity index (χ0n) is 24.1. The van der Waals surface area contributed by atoms with E-state index in [0.29, 0.717) is 0 Å². The molecule has 0 nitrogen and oxygen atoms in total. The molecule has 4 unspecified atom stereocenters. The van der Waals surface area contributed by atoms with E-state index in [0.717, 1.165) is 23.7 Å². The molecule has 2 saturated carbocycles. The molecule has 0 heteroatoms. The minimum Gasteiger partial charge on any atom is -0.0619 e. The second-order valence-corrected chi connectivity index (χ2v) is 13.0. The molecule has 198 valence electrons. The molecule has 4 aromatic rings. The molecule has 4 aromatic carbocycles. The largest absolute Gasteiger partial charge is 0.0619 e. The van der Waals surface area contributed by atoms with Gasteiger partial charge < -0.3 is 0 Å². The Labute approximate surface area is 235 Å². The number of hydrogen-bond donors (Lipinski definition) is 0. The molecule has 4 aliphatic carbocycles. The van der Waals surface area contributed by atoms with Crippen molar-refractivity contribution in [2.45, 2.75) is 70.6 Å². The predicted molar refractivity (Wildman–Crippen MR) is 165 cm³/mol. The fourth-order valence-corrected chi connectivity index (χ4v) is 9.84. The lowest BCUT2D eigenvalue weighted by Gasteiger charge is -2.46. The standard InChI is InChI=1S/C20H22.C19H20/c1-14-8-7-9-15(2)20(14)18-12-5-3-10-16(18)17-11-4-6-13-19(17)20;1-13-11-12-14(2)19(13)17-9-5-3-7-15(17)16-8-4-6-10-18(16)19/h3-6,10-15H,7-9H2,1-2H3;3-10,13-14H,11-12H2,1-2H3. The summed E-state index contributed by atoms with van der Waals surface area (Å²) in [5.74, 6) is 2.95. The number of hydrogen-bond acceptors (Lipinski definition) is 0. The summed E-state index contributed by atoms with van der Waals surface area (Å²) in [6.45, 7) is 9.83. The monoisotopic (exact) mass is 510 g/mol. The second kappa shape index (κ2) is 9.22. The lowest BCUT2D eigenvalue weighted by Crippen LogP contribution is -2.42. The Morgan fingerprint density at radius 3 is 0.949 bits per heavy atom. The van der Waals surface area contributed by atoms with E-state index in [4.69, 9.17) is 0 Å². The highest BCUT2D eigenvalue weighted by molar-refractivity contribution is 5.82. The van der Waals surface area contributed by atoms with E-state index in [1.54, 1.807) is 22.3 Å². The third-order valence-electron chi connectivity index (χ3n) is 11.5. The quantitative estimate of drug-likeness (QED) is 0.221. The minimum atomic E-state index is 0.255. The van der Waals surface area contributed by atoms with Crippen molar-refractivity contribution >= 4 is 0 Å². The maximum atomic E-state index is 2.47. The third kappa shape index (κ3) is 3.24. The lowest BCUT2D eigenvalue weighted by atomic mass is 9.57. The summed E-state index contributed by atoms with van der Waals surface area (Å²) in [4.78, 5) is 0. The normalized spacial score (nSPS) is 26.4. The van der Waals surface area contributed by atoms with Crippen LogP contribution in [0.1, 0.15) is 82.1 Å². The molecular weight excluding hydrogens is 468 g/mol. The minimum absolute atomic E-state index is 0.255. The summed E-state index contributed by atoms with van der Waals surface area (Å²) >= 11 is 0. The van der Waals surface area contributed by atoms with Crippen LogP contribution in [0.4, 0.5) is 0 Å². The van der Waals surface area contributed by atoms with Gasteiger partial charge in [-0.25, -0.2) is 0 Å². The summed E-state index contributed by atoms with van der Waals surface area (Å²) < 4.78 is 0. The highest BCUT2D eigenvalue weighted by atomic mass is 14.6. The fourth-order valence-electron chi connectivity index (χ4n) is 9.84. The highest BCUT2D eigenvalue weighted by Gasteiger charge is 2.53. The average molecular weight is 511 g/mol. The second-order valence-electron chi connectivity index (χ2n) is 13.0. The van der Waals surface area contributed by atoms with Gasteiger partial charge in [0.2, 0.25) is 0 Å². The summed E-state index contributed by atoms with van der Waals surface area (Å²) in [5, 5.41) is 0. The Balaban J connectivity index is 0.000000130. The van der Waals surface area contributed by atoms with Gasteiger partial charge in [-0.1, -0.05) is 131 Å². The molecule has 4 atom stereocenters. The summed E-state index contributed by atoms with van der Waals surface area (Å²) in [6, 6.07) is 36.4. The van der Waals surface area contributed by atoms with Crippen molar-refractivity contribution in [1.29, 1.82) is 0 Å². The predicted octanol–water partition coefficient (Wildman–Crippen LogP) is 10.4. The average Bonchev–Trinajstić information content (AvgIpc) is 3.56. The van der Waals surface area contributed by atoms with E-state index in [1.807, 2.05) is 0 Å². The van der Waals surface area contributed by atoms with Crippen molar-refractivity contribution in [2.24, 2.45) is 23.7 Å². The topological polar surface area (TPSA) is 0 Å². The van der Waals surface area contributed by atoms with Gasteiger partial charge in [0.15, 0.2) is 0 Å². The SMILES string of the molecule is CC1CCC(C)C12c1ccccc1-c1ccccc12.CC1CCCC(C)C12c1ccccc1-c1ccccc12. The number of fused-ring (bicyclic) bond motifs is 10. The van der Waals surface area contributed by atoms with Crippen molar-refractivity contribution in [2.75, 3.05) is 0 Å². The molecule has 39 heavy (non-hydrogen) atoms. The van der Waals surface area contributed by atoms with E-state index in [2.05, 4.69) is 125 Å². The Morgan fingerprint density at radius 1 is 0.385 bits per heavy atom. The van der Waals surface area contributed by atoms with Crippen LogP contribution >= 0.6 is 0 Å².